The zero-order valence-electron chi connectivity index (χ0n) is 14.9. The number of esters is 1. The molecule has 5 heteroatoms. The third-order valence-electron chi connectivity index (χ3n) is 3.82. The molecule has 0 aliphatic carbocycles. The Balaban J connectivity index is 2.01. The second kappa shape index (κ2) is 8.33. The number of carbonyl (C=O) groups is 2. The number of carbonyl (C=O) groups excluding carboxylic acids is 2. The van der Waals surface area contributed by atoms with Gasteiger partial charge in [0.25, 0.3) is 0 Å². The van der Waals surface area contributed by atoms with Crippen LogP contribution in [0.2, 0.25) is 0 Å². The Morgan fingerprint density at radius 2 is 1.68 bits per heavy atom. The highest BCUT2D eigenvalue weighted by atomic mass is 16.5. The molecular weight excluding hydrogens is 320 g/mol. The Bertz CT molecular complexity index is 749. The predicted molar refractivity (Wildman–Crippen MR) is 94.3 cm³/mol. The summed E-state index contributed by atoms with van der Waals surface area (Å²) in [7, 11) is 3.11. The van der Waals surface area contributed by atoms with Crippen molar-refractivity contribution in [2.45, 2.75) is 26.4 Å². The number of ether oxygens (including phenoxy) is 3. The summed E-state index contributed by atoms with van der Waals surface area (Å²) in [6.45, 7) is 3.50. The molecule has 132 valence electrons. The Kier molecular flexibility index (Phi) is 6.17. The minimum Gasteiger partial charge on any atom is -0.497 e. The van der Waals surface area contributed by atoms with Crippen LogP contribution in [0.5, 0.6) is 11.5 Å². The first-order valence-corrected chi connectivity index (χ1v) is 7.96. The van der Waals surface area contributed by atoms with Gasteiger partial charge in [0.2, 0.25) is 5.78 Å². The van der Waals surface area contributed by atoms with Crippen LogP contribution >= 0.6 is 0 Å². The van der Waals surface area contributed by atoms with Crippen molar-refractivity contribution in [2.24, 2.45) is 0 Å². The molecule has 2 rings (SSSR count). The second-order valence-corrected chi connectivity index (χ2v) is 5.72. The van der Waals surface area contributed by atoms with Crippen molar-refractivity contribution in [3.8, 4) is 11.5 Å². The molecule has 0 aliphatic heterocycles. The molecule has 0 radical (unpaired) electrons. The van der Waals surface area contributed by atoms with Gasteiger partial charge in [-0.25, -0.2) is 0 Å². The minimum absolute atomic E-state index is 0.0467. The summed E-state index contributed by atoms with van der Waals surface area (Å²) in [6.07, 6.45) is -0.817. The zero-order chi connectivity index (χ0) is 18.4. The van der Waals surface area contributed by atoms with Crippen LogP contribution < -0.4 is 9.47 Å². The van der Waals surface area contributed by atoms with E-state index in [2.05, 4.69) is 0 Å². The fourth-order valence-electron chi connectivity index (χ4n) is 2.48. The number of aryl methyl sites for hydroxylation is 1. The number of ketones is 1. The predicted octanol–water partition coefficient (Wildman–Crippen LogP) is 3.37. The van der Waals surface area contributed by atoms with Crippen molar-refractivity contribution in [2.75, 3.05) is 14.2 Å². The molecule has 5 nitrogen and oxygen atoms in total. The van der Waals surface area contributed by atoms with E-state index in [-0.39, 0.29) is 12.2 Å². The lowest BCUT2D eigenvalue weighted by molar-refractivity contribution is -0.145. The molecule has 0 aromatic heterocycles. The quantitative estimate of drug-likeness (QED) is 0.570. The van der Waals surface area contributed by atoms with E-state index < -0.39 is 12.1 Å². The molecule has 0 spiro atoms. The van der Waals surface area contributed by atoms with E-state index in [9.17, 15) is 9.59 Å². The van der Waals surface area contributed by atoms with Crippen molar-refractivity contribution in [3.05, 3.63) is 59.2 Å². The van der Waals surface area contributed by atoms with Gasteiger partial charge in [0.15, 0.2) is 6.10 Å². The zero-order valence-corrected chi connectivity index (χ0v) is 14.9. The van der Waals surface area contributed by atoms with Crippen LogP contribution in [0.4, 0.5) is 0 Å². The number of Topliss-reactive ketones (excluding diaryl/α,β-unsaturated/α-hetero) is 1. The molecule has 0 fully saturated rings. The standard InChI is InChI=1S/C20H22O5/c1-13-5-10-18(24-4)16(11-13)12-19(21)25-14(2)20(22)15-6-8-17(23-3)9-7-15/h5-11,14H,12H2,1-4H3/t14-/m1/s1. The van der Waals surface area contributed by atoms with Crippen LogP contribution in [-0.4, -0.2) is 32.1 Å². The summed E-state index contributed by atoms with van der Waals surface area (Å²) in [4.78, 5) is 24.6. The third kappa shape index (κ3) is 4.83. The smallest absolute Gasteiger partial charge is 0.311 e. The molecule has 0 saturated heterocycles. The minimum atomic E-state index is -0.864. The van der Waals surface area contributed by atoms with Gasteiger partial charge in [0.05, 0.1) is 20.6 Å². The Hall–Kier alpha value is -2.82. The van der Waals surface area contributed by atoms with Gasteiger partial charge in [-0.3, -0.25) is 9.59 Å². The van der Waals surface area contributed by atoms with Crippen molar-refractivity contribution in [1.29, 1.82) is 0 Å². The molecule has 1 atom stereocenters. The molecule has 0 unspecified atom stereocenters. The fraction of sp³-hybridized carbons (Fsp3) is 0.300. The topological polar surface area (TPSA) is 61.8 Å². The summed E-state index contributed by atoms with van der Waals surface area (Å²) in [5.41, 5.74) is 2.22. The van der Waals surface area contributed by atoms with E-state index in [1.807, 2.05) is 25.1 Å². The number of benzene rings is 2. The number of rotatable bonds is 7. The first-order valence-electron chi connectivity index (χ1n) is 7.96. The molecule has 0 N–H and O–H groups in total. The van der Waals surface area contributed by atoms with Crippen molar-refractivity contribution in [1.82, 2.24) is 0 Å². The second-order valence-electron chi connectivity index (χ2n) is 5.72. The van der Waals surface area contributed by atoms with E-state index in [0.717, 1.165) is 11.1 Å². The normalized spacial score (nSPS) is 11.5. The van der Waals surface area contributed by atoms with Crippen LogP contribution in [0.15, 0.2) is 42.5 Å². The van der Waals surface area contributed by atoms with Crippen LogP contribution in [-0.2, 0) is 16.0 Å². The molecule has 2 aromatic carbocycles. The maximum Gasteiger partial charge on any atom is 0.311 e. The van der Waals surface area contributed by atoms with Crippen LogP contribution in [0.25, 0.3) is 0 Å². The van der Waals surface area contributed by atoms with Crippen molar-refractivity contribution >= 4 is 11.8 Å². The summed E-state index contributed by atoms with van der Waals surface area (Å²) >= 11 is 0. The lowest BCUT2D eigenvalue weighted by Gasteiger charge is -2.14. The first kappa shape index (κ1) is 18.5. The van der Waals surface area contributed by atoms with Crippen LogP contribution in [0, 0.1) is 6.92 Å². The molecule has 0 bridgehead atoms. The van der Waals surface area contributed by atoms with Crippen LogP contribution in [0.1, 0.15) is 28.4 Å². The maximum absolute atomic E-state index is 12.4. The summed E-state index contributed by atoms with van der Waals surface area (Å²) < 4.78 is 15.6. The van der Waals surface area contributed by atoms with Crippen molar-refractivity contribution in [3.63, 3.8) is 0 Å². The van der Waals surface area contributed by atoms with E-state index in [1.165, 1.54) is 0 Å². The number of methoxy groups -OCH3 is 2. The number of hydrogen-bond acceptors (Lipinski definition) is 5. The average Bonchev–Trinajstić information content (AvgIpc) is 2.61. The molecule has 0 aliphatic rings. The highest BCUT2D eigenvalue weighted by molar-refractivity contribution is 6.00. The van der Waals surface area contributed by atoms with Gasteiger partial charge >= 0.3 is 5.97 Å². The SMILES string of the molecule is COc1ccc(C(=O)[C@@H](C)OC(=O)Cc2cc(C)ccc2OC)cc1. The lowest BCUT2D eigenvalue weighted by atomic mass is 10.1. The third-order valence-corrected chi connectivity index (χ3v) is 3.82. The van der Waals surface area contributed by atoms with Gasteiger partial charge in [0, 0.05) is 11.1 Å². The van der Waals surface area contributed by atoms with E-state index >= 15 is 0 Å². The van der Waals surface area contributed by atoms with Crippen molar-refractivity contribution < 1.29 is 23.8 Å². The molecular formula is C20H22O5. The summed E-state index contributed by atoms with van der Waals surface area (Å²) in [6, 6.07) is 12.3. The Labute approximate surface area is 147 Å². The average molecular weight is 342 g/mol. The number of hydrogen-bond donors (Lipinski definition) is 0. The highest BCUT2D eigenvalue weighted by Crippen LogP contribution is 2.21. The van der Waals surface area contributed by atoms with Gasteiger partial charge in [-0.2, -0.15) is 0 Å². The fourth-order valence-corrected chi connectivity index (χ4v) is 2.48. The molecule has 25 heavy (non-hydrogen) atoms. The summed E-state index contributed by atoms with van der Waals surface area (Å²) in [5.74, 6) is 0.551. The van der Waals surface area contributed by atoms with Crippen LogP contribution in [0.3, 0.4) is 0 Å². The summed E-state index contributed by atoms with van der Waals surface area (Å²) in [5, 5.41) is 0. The lowest BCUT2D eigenvalue weighted by Crippen LogP contribution is -2.25. The van der Waals surface area contributed by atoms with Gasteiger partial charge in [-0.1, -0.05) is 17.7 Å². The van der Waals surface area contributed by atoms with Gasteiger partial charge in [-0.15, -0.1) is 0 Å². The first-order chi connectivity index (χ1) is 11.9. The molecule has 0 saturated carbocycles. The molecule has 0 amide bonds. The monoisotopic (exact) mass is 342 g/mol. The largest absolute Gasteiger partial charge is 0.497 e. The van der Waals surface area contributed by atoms with E-state index in [4.69, 9.17) is 14.2 Å². The van der Waals surface area contributed by atoms with Gasteiger partial charge < -0.3 is 14.2 Å². The molecule has 2 aromatic rings. The van der Waals surface area contributed by atoms with Gasteiger partial charge in [0.1, 0.15) is 11.5 Å². The van der Waals surface area contributed by atoms with Gasteiger partial charge in [-0.05, 0) is 44.2 Å². The highest BCUT2D eigenvalue weighted by Gasteiger charge is 2.20. The maximum atomic E-state index is 12.4. The Morgan fingerprint density at radius 3 is 2.28 bits per heavy atom. The van der Waals surface area contributed by atoms with E-state index in [0.29, 0.717) is 17.1 Å². The Morgan fingerprint density at radius 1 is 1.00 bits per heavy atom. The van der Waals surface area contributed by atoms with E-state index in [1.54, 1.807) is 45.4 Å². The molecule has 0 heterocycles.